The number of nitrogens with zero attached hydrogens (tertiary/aromatic N) is 2. The van der Waals surface area contributed by atoms with Gasteiger partial charge in [-0.3, -0.25) is 4.98 Å². The Morgan fingerprint density at radius 3 is 2.38 bits per heavy atom. The van der Waals surface area contributed by atoms with Gasteiger partial charge in [0.1, 0.15) is 0 Å². The van der Waals surface area contributed by atoms with Crippen LogP contribution in [0.5, 0.6) is 0 Å². The van der Waals surface area contributed by atoms with Gasteiger partial charge in [0.2, 0.25) is 0 Å². The first-order valence-corrected chi connectivity index (χ1v) is 14.8. The van der Waals surface area contributed by atoms with Gasteiger partial charge < -0.3 is 9.88 Å². The minimum absolute atomic E-state index is 0.794. The summed E-state index contributed by atoms with van der Waals surface area (Å²) in [6.45, 7) is 21.2. The van der Waals surface area contributed by atoms with Crippen LogP contribution < -0.4 is 5.32 Å². The van der Waals surface area contributed by atoms with Crippen LogP contribution in [0.4, 0.5) is 0 Å². The second-order valence-electron chi connectivity index (χ2n) is 10.1. The lowest BCUT2D eigenvalue weighted by atomic mass is 10.0. The van der Waals surface area contributed by atoms with E-state index in [-0.39, 0.29) is 0 Å². The fraction of sp³-hybridized carbons (Fsp3) is 0.256. The number of hydrogen-bond donors (Lipinski definition) is 1. The highest BCUT2D eigenvalue weighted by Crippen LogP contribution is 2.24. The van der Waals surface area contributed by atoms with Crippen molar-refractivity contribution in [2.45, 2.75) is 59.9 Å². The molecule has 0 saturated heterocycles. The van der Waals surface area contributed by atoms with Gasteiger partial charge in [-0.2, -0.15) is 0 Å². The number of likely N-dealkylation sites (N-methyl/N-ethyl adjacent to an activating group) is 1. The van der Waals surface area contributed by atoms with E-state index < -0.39 is 0 Å². The molecule has 0 atom stereocenters. The number of nitrogens with one attached hydrogen (secondary N) is 1. The van der Waals surface area contributed by atoms with Crippen LogP contribution in [-0.2, 0) is 6.54 Å². The van der Waals surface area contributed by atoms with Gasteiger partial charge in [-0.25, -0.2) is 0 Å². The van der Waals surface area contributed by atoms with Crippen LogP contribution >= 0.6 is 0 Å². The smallest absolute Gasteiger partial charge is 0.0674 e. The van der Waals surface area contributed by atoms with Crippen molar-refractivity contribution < 1.29 is 0 Å². The molecule has 0 aliphatic heterocycles. The number of aryl methyl sites for hydroxylation is 1. The van der Waals surface area contributed by atoms with E-state index in [1.807, 2.05) is 37.7 Å². The molecule has 2 aromatic heterocycles. The second kappa shape index (κ2) is 18.9. The van der Waals surface area contributed by atoms with Crippen LogP contribution in [0.25, 0.3) is 10.9 Å². The highest BCUT2D eigenvalue weighted by Gasteiger charge is 2.09. The number of pyridine rings is 1. The number of allylic oxidation sites excluding steroid dienone is 18. The number of rotatable bonds is 17. The van der Waals surface area contributed by atoms with E-state index in [2.05, 4.69) is 135 Å². The number of aromatic nitrogens is 2. The van der Waals surface area contributed by atoms with Crippen molar-refractivity contribution in [3.05, 3.63) is 163 Å². The van der Waals surface area contributed by atoms with E-state index in [9.17, 15) is 0 Å². The summed E-state index contributed by atoms with van der Waals surface area (Å²) in [7, 11) is 1.91. The SMILES string of the molecule is C=C/C=C(\C=C/Cn1c(C)c(C)c2ccncc21)C/C(C=C)=C/C=C/C/C=C\C(=C/C)C/C(=C/C=C(\C=C)NC)CC. The van der Waals surface area contributed by atoms with E-state index in [1.54, 1.807) is 0 Å². The summed E-state index contributed by atoms with van der Waals surface area (Å²) in [4.78, 5) is 4.33. The van der Waals surface area contributed by atoms with Gasteiger partial charge in [0.25, 0.3) is 0 Å². The fourth-order valence-electron chi connectivity index (χ4n) is 4.65. The first-order chi connectivity index (χ1) is 20.4. The lowest BCUT2D eigenvalue weighted by Crippen LogP contribution is -2.01. The van der Waals surface area contributed by atoms with Crippen molar-refractivity contribution in [2.24, 2.45) is 0 Å². The Labute approximate surface area is 254 Å². The molecule has 0 saturated carbocycles. The van der Waals surface area contributed by atoms with Crippen molar-refractivity contribution >= 4 is 10.9 Å². The fourth-order valence-corrected chi connectivity index (χ4v) is 4.65. The lowest BCUT2D eigenvalue weighted by molar-refractivity contribution is 0.820. The van der Waals surface area contributed by atoms with Gasteiger partial charge in [-0.1, -0.05) is 105 Å². The molecule has 0 fully saturated rings. The molecule has 0 unspecified atom stereocenters. The highest BCUT2D eigenvalue weighted by atomic mass is 15.0. The van der Waals surface area contributed by atoms with Crippen molar-refractivity contribution in [3.8, 4) is 0 Å². The molecule has 0 aromatic carbocycles. The van der Waals surface area contributed by atoms with Crippen molar-refractivity contribution in [2.75, 3.05) is 7.05 Å². The molecule has 3 nitrogen and oxygen atoms in total. The Morgan fingerprint density at radius 1 is 0.929 bits per heavy atom. The van der Waals surface area contributed by atoms with Crippen molar-refractivity contribution in [1.29, 1.82) is 0 Å². The van der Waals surface area contributed by atoms with Crippen LogP contribution in [0.2, 0.25) is 0 Å². The molecule has 2 rings (SSSR count). The summed E-state index contributed by atoms with van der Waals surface area (Å²) in [5.41, 5.74) is 9.83. The second-order valence-corrected chi connectivity index (χ2v) is 10.1. The Bertz CT molecular complexity index is 1460. The summed E-state index contributed by atoms with van der Waals surface area (Å²) in [6.07, 6.45) is 36.9. The first-order valence-electron chi connectivity index (χ1n) is 14.8. The summed E-state index contributed by atoms with van der Waals surface area (Å²) < 4.78 is 2.32. The Hall–Kier alpha value is -4.37. The quantitative estimate of drug-likeness (QED) is 0.195. The Morgan fingerprint density at radius 2 is 1.71 bits per heavy atom. The molecule has 0 radical (unpaired) electrons. The molecule has 42 heavy (non-hydrogen) atoms. The zero-order chi connectivity index (χ0) is 30.7. The standard InChI is InChI=1S/C39H49N3/c1-9-19-36(22-18-27-42-32(7)31(6)38-25-26-41-30-39(38)42)29-34(11-3)21-17-15-14-16-20-33(10-2)28-35(12-4)23-24-37(13-5)40-8/h9-11,13,15-26,30,40H,1,3,5,12,14,27-29H2,2,4,6-8H3/b17-15+,20-16-,22-18-,33-10+,34-21+,35-23+,36-19+,37-24+. The van der Waals surface area contributed by atoms with Crippen molar-refractivity contribution in [3.63, 3.8) is 0 Å². The molecule has 0 bridgehead atoms. The van der Waals surface area contributed by atoms with E-state index in [0.29, 0.717) is 0 Å². The first kappa shape index (κ1) is 33.8. The minimum Gasteiger partial charge on any atom is -0.388 e. The van der Waals surface area contributed by atoms with Gasteiger partial charge in [-0.15, -0.1) is 0 Å². The van der Waals surface area contributed by atoms with Crippen LogP contribution in [0.15, 0.2) is 151 Å². The molecular formula is C39H49N3. The van der Waals surface area contributed by atoms with Gasteiger partial charge in [0.15, 0.2) is 0 Å². The highest BCUT2D eigenvalue weighted by molar-refractivity contribution is 5.84. The van der Waals surface area contributed by atoms with E-state index >= 15 is 0 Å². The maximum atomic E-state index is 4.33. The predicted molar refractivity (Wildman–Crippen MR) is 187 cm³/mol. The Balaban J connectivity index is 1.99. The van der Waals surface area contributed by atoms with Gasteiger partial charge in [-0.05, 0) is 87.0 Å². The molecule has 0 aliphatic carbocycles. The summed E-state index contributed by atoms with van der Waals surface area (Å²) >= 11 is 0. The summed E-state index contributed by atoms with van der Waals surface area (Å²) in [6, 6.07) is 2.09. The maximum Gasteiger partial charge on any atom is 0.0674 e. The Kier molecular flexibility index (Phi) is 15.2. The molecule has 0 spiro atoms. The third-order valence-corrected chi connectivity index (χ3v) is 7.38. The molecule has 0 aliphatic rings. The van der Waals surface area contributed by atoms with E-state index in [0.717, 1.165) is 43.5 Å². The lowest BCUT2D eigenvalue weighted by Gasteiger charge is -2.06. The monoisotopic (exact) mass is 559 g/mol. The maximum absolute atomic E-state index is 4.33. The molecular weight excluding hydrogens is 510 g/mol. The molecule has 2 aromatic rings. The van der Waals surface area contributed by atoms with Crippen molar-refractivity contribution in [1.82, 2.24) is 14.9 Å². The van der Waals surface area contributed by atoms with Crippen LogP contribution in [0, 0.1) is 13.8 Å². The zero-order valence-electron chi connectivity index (χ0n) is 26.4. The summed E-state index contributed by atoms with van der Waals surface area (Å²) in [5, 5.41) is 4.41. The van der Waals surface area contributed by atoms with E-state index in [1.165, 1.54) is 38.9 Å². The minimum atomic E-state index is 0.794. The molecule has 220 valence electrons. The normalized spacial score (nSPS) is 14.1. The topological polar surface area (TPSA) is 29.9 Å². The molecule has 3 heteroatoms. The van der Waals surface area contributed by atoms with Gasteiger partial charge in [0, 0.05) is 36.6 Å². The molecule has 0 amide bonds. The van der Waals surface area contributed by atoms with Gasteiger partial charge in [0.05, 0.1) is 11.7 Å². The predicted octanol–water partition coefficient (Wildman–Crippen LogP) is 10.3. The molecule has 1 N–H and O–H groups in total. The third kappa shape index (κ3) is 10.6. The average Bonchev–Trinajstić information content (AvgIpc) is 3.25. The van der Waals surface area contributed by atoms with E-state index in [4.69, 9.17) is 0 Å². The average molecular weight is 560 g/mol. The van der Waals surface area contributed by atoms with Gasteiger partial charge >= 0.3 is 0 Å². The number of hydrogen-bond acceptors (Lipinski definition) is 2. The largest absolute Gasteiger partial charge is 0.388 e. The number of fused-ring (bicyclic) bond motifs is 1. The third-order valence-electron chi connectivity index (χ3n) is 7.38. The van der Waals surface area contributed by atoms with Crippen LogP contribution in [0.3, 0.4) is 0 Å². The zero-order valence-corrected chi connectivity index (χ0v) is 26.4. The molecule has 2 heterocycles. The van der Waals surface area contributed by atoms with Crippen LogP contribution in [0.1, 0.15) is 50.8 Å². The summed E-state index contributed by atoms with van der Waals surface area (Å²) in [5.74, 6) is 0. The van der Waals surface area contributed by atoms with Crippen LogP contribution in [-0.4, -0.2) is 16.6 Å².